The molecule has 1 atom stereocenters. The van der Waals surface area contributed by atoms with Crippen molar-refractivity contribution in [1.29, 1.82) is 0 Å². The van der Waals surface area contributed by atoms with Crippen molar-refractivity contribution in [3.8, 4) is 11.5 Å². The average Bonchev–Trinajstić information content (AvgIpc) is 3.12. The molecule has 1 unspecified atom stereocenters. The van der Waals surface area contributed by atoms with Gasteiger partial charge in [-0.15, -0.1) is 11.8 Å². The zero-order valence-corrected chi connectivity index (χ0v) is 14.7. The zero-order chi connectivity index (χ0) is 16.9. The van der Waals surface area contributed by atoms with Crippen molar-refractivity contribution < 1.29 is 14.3 Å². The van der Waals surface area contributed by atoms with E-state index in [0.717, 1.165) is 34.9 Å². The fraction of sp³-hybridized carbons (Fsp3) is 0.316. The van der Waals surface area contributed by atoms with Gasteiger partial charge >= 0.3 is 0 Å². The molecule has 126 valence electrons. The zero-order valence-electron chi connectivity index (χ0n) is 13.9. The van der Waals surface area contributed by atoms with Gasteiger partial charge in [-0.05, 0) is 23.8 Å². The molecule has 4 nitrogen and oxygen atoms in total. The van der Waals surface area contributed by atoms with Crippen molar-refractivity contribution in [3.63, 3.8) is 0 Å². The molecule has 1 heterocycles. The van der Waals surface area contributed by atoms with Gasteiger partial charge in [0, 0.05) is 17.9 Å². The second-order valence-electron chi connectivity index (χ2n) is 5.57. The summed E-state index contributed by atoms with van der Waals surface area (Å²) in [6, 6.07) is 15.6. The second-order valence-corrected chi connectivity index (χ2v) is 6.76. The normalized spacial score (nSPS) is 16.9. The molecule has 0 N–H and O–H groups in total. The maximum atomic E-state index is 12.8. The summed E-state index contributed by atoms with van der Waals surface area (Å²) < 4.78 is 10.6. The average molecular weight is 343 g/mol. The Kier molecular flexibility index (Phi) is 5.30. The summed E-state index contributed by atoms with van der Waals surface area (Å²) in [7, 11) is 3.29. The lowest BCUT2D eigenvalue weighted by Crippen LogP contribution is -2.31. The van der Waals surface area contributed by atoms with Crippen LogP contribution in [0.2, 0.25) is 0 Å². The first-order valence-corrected chi connectivity index (χ1v) is 8.94. The van der Waals surface area contributed by atoms with Crippen LogP contribution in [0.3, 0.4) is 0 Å². The summed E-state index contributed by atoms with van der Waals surface area (Å²) in [4.78, 5) is 14.8. The van der Waals surface area contributed by atoms with E-state index in [9.17, 15) is 4.79 Å². The van der Waals surface area contributed by atoms with Gasteiger partial charge in [0.15, 0.2) is 0 Å². The summed E-state index contributed by atoms with van der Waals surface area (Å²) in [5.41, 5.74) is 2.06. The van der Waals surface area contributed by atoms with E-state index in [0.29, 0.717) is 6.42 Å². The van der Waals surface area contributed by atoms with Crippen LogP contribution in [0.5, 0.6) is 11.5 Å². The van der Waals surface area contributed by atoms with Crippen molar-refractivity contribution in [3.05, 3.63) is 59.7 Å². The third kappa shape index (κ3) is 3.51. The van der Waals surface area contributed by atoms with Gasteiger partial charge in [0.05, 0.1) is 20.6 Å². The lowest BCUT2D eigenvalue weighted by Gasteiger charge is -2.24. The van der Waals surface area contributed by atoms with E-state index in [1.807, 2.05) is 53.4 Å². The third-order valence-electron chi connectivity index (χ3n) is 4.15. The summed E-state index contributed by atoms with van der Waals surface area (Å²) >= 11 is 1.80. The van der Waals surface area contributed by atoms with E-state index in [-0.39, 0.29) is 11.3 Å². The molecule has 2 aromatic carbocycles. The molecule has 0 saturated carbocycles. The molecule has 0 bridgehead atoms. The Balaban J connectivity index is 1.75. The number of carbonyl (C=O) groups excluding carboxylic acids is 1. The molecule has 1 amide bonds. The van der Waals surface area contributed by atoms with E-state index in [4.69, 9.17) is 9.47 Å². The summed E-state index contributed by atoms with van der Waals surface area (Å²) in [5, 5.41) is 0.0677. The molecule has 0 spiro atoms. The van der Waals surface area contributed by atoms with E-state index < -0.39 is 0 Å². The maximum absolute atomic E-state index is 12.8. The predicted octanol–water partition coefficient (Wildman–Crippen LogP) is 3.52. The second kappa shape index (κ2) is 7.62. The SMILES string of the molecule is COc1ccc(C2SCCN2C(=O)Cc2ccccc2OC)cc1. The van der Waals surface area contributed by atoms with Gasteiger partial charge in [-0.3, -0.25) is 4.79 Å². The Morgan fingerprint density at radius 3 is 2.58 bits per heavy atom. The van der Waals surface area contributed by atoms with E-state index in [1.165, 1.54) is 0 Å². The molecular formula is C19H21NO3S. The maximum Gasteiger partial charge on any atom is 0.228 e. The molecule has 0 radical (unpaired) electrons. The largest absolute Gasteiger partial charge is 0.497 e. The number of thioether (sulfide) groups is 1. The Hall–Kier alpha value is -2.14. The van der Waals surface area contributed by atoms with Gasteiger partial charge in [-0.1, -0.05) is 30.3 Å². The van der Waals surface area contributed by atoms with Crippen molar-refractivity contribution in [2.24, 2.45) is 0 Å². The fourth-order valence-corrected chi connectivity index (χ4v) is 4.16. The number of benzene rings is 2. The first-order valence-electron chi connectivity index (χ1n) is 7.90. The van der Waals surface area contributed by atoms with Crippen molar-refractivity contribution in [1.82, 2.24) is 4.90 Å². The van der Waals surface area contributed by atoms with Crippen LogP contribution in [0.1, 0.15) is 16.5 Å². The number of carbonyl (C=O) groups is 1. The minimum Gasteiger partial charge on any atom is -0.497 e. The number of methoxy groups -OCH3 is 2. The van der Waals surface area contributed by atoms with E-state index in [2.05, 4.69) is 0 Å². The highest BCUT2D eigenvalue weighted by molar-refractivity contribution is 7.99. The van der Waals surface area contributed by atoms with Gasteiger partial charge in [-0.25, -0.2) is 0 Å². The smallest absolute Gasteiger partial charge is 0.228 e. The van der Waals surface area contributed by atoms with Gasteiger partial charge in [-0.2, -0.15) is 0 Å². The van der Waals surface area contributed by atoms with Crippen LogP contribution >= 0.6 is 11.8 Å². The summed E-state index contributed by atoms with van der Waals surface area (Å²) in [6.07, 6.45) is 0.358. The minimum absolute atomic E-state index is 0.0677. The van der Waals surface area contributed by atoms with Crippen LogP contribution in [-0.4, -0.2) is 37.3 Å². The van der Waals surface area contributed by atoms with Gasteiger partial charge in [0.2, 0.25) is 5.91 Å². The number of hydrogen-bond acceptors (Lipinski definition) is 4. The number of hydrogen-bond donors (Lipinski definition) is 0. The molecule has 24 heavy (non-hydrogen) atoms. The summed E-state index contributed by atoms with van der Waals surface area (Å²) in [5.74, 6) is 2.67. The summed E-state index contributed by atoms with van der Waals surface area (Å²) in [6.45, 7) is 0.773. The lowest BCUT2D eigenvalue weighted by molar-refractivity contribution is -0.130. The molecule has 2 aromatic rings. The third-order valence-corrected chi connectivity index (χ3v) is 5.41. The van der Waals surface area contributed by atoms with Crippen LogP contribution in [0.15, 0.2) is 48.5 Å². The number of rotatable bonds is 5. The van der Waals surface area contributed by atoms with Gasteiger partial charge in [0.25, 0.3) is 0 Å². The highest BCUT2D eigenvalue weighted by atomic mass is 32.2. The first kappa shape index (κ1) is 16.7. The molecule has 5 heteroatoms. The monoisotopic (exact) mass is 343 g/mol. The molecule has 1 aliphatic rings. The Labute approximate surface area is 146 Å². The molecule has 0 aromatic heterocycles. The minimum atomic E-state index is 0.0677. The molecule has 3 rings (SSSR count). The van der Waals surface area contributed by atoms with Gasteiger partial charge in [0.1, 0.15) is 16.9 Å². The highest BCUT2D eigenvalue weighted by Gasteiger charge is 2.30. The van der Waals surface area contributed by atoms with E-state index >= 15 is 0 Å². The van der Waals surface area contributed by atoms with Crippen LogP contribution in [0.25, 0.3) is 0 Å². The lowest BCUT2D eigenvalue weighted by atomic mass is 10.1. The standard InChI is InChI=1S/C19H21NO3S/c1-22-16-9-7-14(8-10-16)19-20(11-12-24-19)18(21)13-15-5-3-4-6-17(15)23-2/h3-10,19H,11-13H2,1-2H3. The number of ether oxygens (including phenoxy) is 2. The number of nitrogens with zero attached hydrogens (tertiary/aromatic N) is 1. The molecule has 1 fully saturated rings. The van der Waals surface area contributed by atoms with Crippen LogP contribution in [-0.2, 0) is 11.2 Å². The topological polar surface area (TPSA) is 38.8 Å². The van der Waals surface area contributed by atoms with Crippen molar-refractivity contribution >= 4 is 17.7 Å². The molecule has 1 aliphatic heterocycles. The predicted molar refractivity (Wildman–Crippen MR) is 96.6 cm³/mol. The number of para-hydroxylation sites is 1. The Morgan fingerprint density at radius 1 is 1.12 bits per heavy atom. The molecule has 1 saturated heterocycles. The first-order chi connectivity index (χ1) is 11.7. The quantitative estimate of drug-likeness (QED) is 0.833. The van der Waals surface area contributed by atoms with Crippen LogP contribution < -0.4 is 9.47 Å². The molecular weight excluding hydrogens is 322 g/mol. The van der Waals surface area contributed by atoms with Crippen molar-refractivity contribution in [2.45, 2.75) is 11.8 Å². The van der Waals surface area contributed by atoms with Crippen molar-refractivity contribution in [2.75, 3.05) is 26.5 Å². The van der Waals surface area contributed by atoms with Crippen LogP contribution in [0, 0.1) is 0 Å². The fourth-order valence-electron chi connectivity index (χ4n) is 2.88. The van der Waals surface area contributed by atoms with Gasteiger partial charge < -0.3 is 14.4 Å². The van der Waals surface area contributed by atoms with Crippen LogP contribution in [0.4, 0.5) is 0 Å². The molecule has 0 aliphatic carbocycles. The van der Waals surface area contributed by atoms with E-state index in [1.54, 1.807) is 26.0 Å². The highest BCUT2D eigenvalue weighted by Crippen LogP contribution is 2.38. The Morgan fingerprint density at radius 2 is 1.88 bits per heavy atom. The number of amides is 1. The Bertz CT molecular complexity index is 702.